The van der Waals surface area contributed by atoms with E-state index < -0.39 is 11.4 Å². The molecule has 2 rings (SSSR count). The predicted octanol–water partition coefficient (Wildman–Crippen LogP) is 2.66. The van der Waals surface area contributed by atoms with Crippen molar-refractivity contribution in [3.05, 3.63) is 35.4 Å². The first-order valence-electron chi connectivity index (χ1n) is 5.48. The molecule has 1 aromatic rings. The van der Waals surface area contributed by atoms with Gasteiger partial charge in [-0.15, -0.1) is 0 Å². The van der Waals surface area contributed by atoms with E-state index in [0.29, 0.717) is 12.8 Å². The average molecular weight is 204 g/mol. The molecule has 1 aromatic carbocycles. The summed E-state index contributed by atoms with van der Waals surface area (Å²) in [6.07, 6.45) is 3.11. The molecule has 2 heteroatoms. The molecule has 0 bridgehead atoms. The van der Waals surface area contributed by atoms with E-state index >= 15 is 0 Å². The topological polar surface area (TPSA) is 37.3 Å². The molecule has 0 aromatic heterocycles. The van der Waals surface area contributed by atoms with Gasteiger partial charge in [0, 0.05) is 0 Å². The summed E-state index contributed by atoms with van der Waals surface area (Å²) in [5.74, 6) is -0.638. The summed E-state index contributed by atoms with van der Waals surface area (Å²) in [6, 6.07) is 8.08. The van der Waals surface area contributed by atoms with Gasteiger partial charge in [0.05, 0.1) is 5.41 Å². The van der Waals surface area contributed by atoms with Crippen LogP contribution in [0, 0.1) is 5.41 Å². The van der Waals surface area contributed by atoms with Gasteiger partial charge in [0.2, 0.25) is 0 Å². The van der Waals surface area contributed by atoms with Gasteiger partial charge >= 0.3 is 5.97 Å². The number of hydrogen-bond donors (Lipinski definition) is 1. The third-order valence-electron chi connectivity index (χ3n) is 3.36. The van der Waals surface area contributed by atoms with Gasteiger partial charge in [-0.2, -0.15) is 0 Å². The fourth-order valence-corrected chi connectivity index (χ4v) is 2.61. The zero-order valence-corrected chi connectivity index (χ0v) is 8.99. The number of aliphatic carboxylic acids is 1. The first-order chi connectivity index (χ1) is 7.18. The summed E-state index contributed by atoms with van der Waals surface area (Å²) >= 11 is 0. The molecule has 0 atom stereocenters. The monoisotopic (exact) mass is 204 g/mol. The van der Waals surface area contributed by atoms with Crippen molar-refractivity contribution in [3.8, 4) is 0 Å². The van der Waals surface area contributed by atoms with Gasteiger partial charge < -0.3 is 5.11 Å². The van der Waals surface area contributed by atoms with Crippen molar-refractivity contribution in [2.75, 3.05) is 0 Å². The molecule has 0 fully saturated rings. The lowest BCUT2D eigenvalue weighted by atomic mass is 9.80. The molecule has 0 saturated carbocycles. The van der Waals surface area contributed by atoms with Crippen molar-refractivity contribution in [1.29, 1.82) is 0 Å². The van der Waals surface area contributed by atoms with E-state index in [4.69, 9.17) is 0 Å². The van der Waals surface area contributed by atoms with Gasteiger partial charge in [-0.05, 0) is 30.4 Å². The van der Waals surface area contributed by atoms with E-state index in [9.17, 15) is 9.90 Å². The van der Waals surface area contributed by atoms with E-state index in [1.54, 1.807) is 0 Å². The van der Waals surface area contributed by atoms with E-state index in [1.807, 2.05) is 19.1 Å². The maximum atomic E-state index is 11.4. The Morgan fingerprint density at radius 2 is 1.87 bits per heavy atom. The fourth-order valence-electron chi connectivity index (χ4n) is 2.61. The van der Waals surface area contributed by atoms with E-state index in [1.165, 1.54) is 11.1 Å². The number of benzene rings is 1. The number of carboxylic acids is 1. The minimum atomic E-state index is -0.638. The normalized spacial score (nSPS) is 17.4. The van der Waals surface area contributed by atoms with Crippen LogP contribution in [0.4, 0.5) is 0 Å². The van der Waals surface area contributed by atoms with Gasteiger partial charge in [0.15, 0.2) is 0 Å². The first kappa shape index (κ1) is 10.2. The summed E-state index contributed by atoms with van der Waals surface area (Å²) in [5, 5.41) is 9.37. The molecular weight excluding hydrogens is 188 g/mol. The Labute approximate surface area is 89.9 Å². The second-order valence-electron chi connectivity index (χ2n) is 4.46. The van der Waals surface area contributed by atoms with Crippen molar-refractivity contribution < 1.29 is 9.90 Å². The highest BCUT2D eigenvalue weighted by Crippen LogP contribution is 2.40. The molecule has 1 aliphatic carbocycles. The Morgan fingerprint density at radius 3 is 2.27 bits per heavy atom. The maximum Gasteiger partial charge on any atom is 0.310 e. The van der Waals surface area contributed by atoms with Crippen LogP contribution in [0.5, 0.6) is 0 Å². The number of fused-ring (bicyclic) bond motifs is 1. The van der Waals surface area contributed by atoms with Crippen LogP contribution in [0.1, 0.15) is 30.9 Å². The molecule has 1 aliphatic rings. The third-order valence-corrected chi connectivity index (χ3v) is 3.36. The molecule has 0 heterocycles. The van der Waals surface area contributed by atoms with Crippen LogP contribution in [-0.2, 0) is 17.6 Å². The van der Waals surface area contributed by atoms with Gasteiger partial charge in [-0.3, -0.25) is 4.79 Å². The van der Waals surface area contributed by atoms with Crippen molar-refractivity contribution in [2.45, 2.75) is 32.6 Å². The van der Waals surface area contributed by atoms with Gasteiger partial charge in [0.25, 0.3) is 0 Å². The Kier molecular flexibility index (Phi) is 2.51. The molecule has 0 unspecified atom stereocenters. The minimum absolute atomic E-state index is 0.529. The summed E-state index contributed by atoms with van der Waals surface area (Å²) in [7, 11) is 0. The van der Waals surface area contributed by atoms with Crippen LogP contribution in [-0.4, -0.2) is 11.1 Å². The standard InChI is InChI=1S/C13H16O2/c1-2-7-13(12(14)15)8-10-5-3-4-6-11(10)9-13/h3-6H,2,7-9H2,1H3,(H,14,15). The van der Waals surface area contributed by atoms with Crippen LogP contribution in [0.2, 0.25) is 0 Å². The van der Waals surface area contributed by atoms with E-state index in [0.717, 1.165) is 12.8 Å². The van der Waals surface area contributed by atoms with Crippen LogP contribution >= 0.6 is 0 Å². The summed E-state index contributed by atoms with van der Waals surface area (Å²) in [6.45, 7) is 2.05. The smallest absolute Gasteiger partial charge is 0.310 e. The molecule has 0 aliphatic heterocycles. The lowest BCUT2D eigenvalue weighted by molar-refractivity contribution is -0.148. The quantitative estimate of drug-likeness (QED) is 0.821. The number of carbonyl (C=O) groups is 1. The summed E-state index contributed by atoms with van der Waals surface area (Å²) in [5.41, 5.74) is 1.90. The van der Waals surface area contributed by atoms with Gasteiger partial charge in [0.1, 0.15) is 0 Å². The maximum absolute atomic E-state index is 11.4. The van der Waals surface area contributed by atoms with Crippen LogP contribution < -0.4 is 0 Å². The van der Waals surface area contributed by atoms with Crippen LogP contribution in [0.3, 0.4) is 0 Å². The van der Waals surface area contributed by atoms with Crippen molar-refractivity contribution in [3.63, 3.8) is 0 Å². The highest BCUT2D eigenvalue weighted by Gasteiger charge is 2.42. The number of rotatable bonds is 3. The fraction of sp³-hybridized carbons (Fsp3) is 0.462. The minimum Gasteiger partial charge on any atom is -0.481 e. The number of carboxylic acid groups (broad SMARTS) is 1. The molecule has 0 spiro atoms. The van der Waals surface area contributed by atoms with E-state index in [-0.39, 0.29) is 0 Å². The van der Waals surface area contributed by atoms with Crippen molar-refractivity contribution in [1.82, 2.24) is 0 Å². The average Bonchev–Trinajstić information content (AvgIpc) is 2.57. The molecule has 1 N–H and O–H groups in total. The molecule has 80 valence electrons. The molecule has 0 saturated heterocycles. The third kappa shape index (κ3) is 1.65. The Hall–Kier alpha value is -1.31. The SMILES string of the molecule is CCCC1(C(=O)O)Cc2ccccc2C1. The molecule has 15 heavy (non-hydrogen) atoms. The highest BCUT2D eigenvalue weighted by molar-refractivity contribution is 5.77. The summed E-state index contributed by atoms with van der Waals surface area (Å²) in [4.78, 5) is 11.4. The Bertz CT molecular complexity index is 357. The highest BCUT2D eigenvalue weighted by atomic mass is 16.4. The Morgan fingerprint density at radius 1 is 1.33 bits per heavy atom. The van der Waals surface area contributed by atoms with Crippen molar-refractivity contribution >= 4 is 5.97 Å². The zero-order valence-electron chi connectivity index (χ0n) is 8.99. The predicted molar refractivity (Wildman–Crippen MR) is 58.8 cm³/mol. The summed E-state index contributed by atoms with van der Waals surface area (Å²) < 4.78 is 0. The second-order valence-corrected chi connectivity index (χ2v) is 4.46. The van der Waals surface area contributed by atoms with Gasteiger partial charge in [-0.25, -0.2) is 0 Å². The first-order valence-corrected chi connectivity index (χ1v) is 5.48. The zero-order chi connectivity index (χ0) is 10.9. The lowest BCUT2D eigenvalue weighted by Gasteiger charge is -2.22. The van der Waals surface area contributed by atoms with E-state index in [2.05, 4.69) is 12.1 Å². The lowest BCUT2D eigenvalue weighted by Crippen LogP contribution is -2.31. The molecular formula is C13H16O2. The van der Waals surface area contributed by atoms with Crippen LogP contribution in [0.15, 0.2) is 24.3 Å². The molecule has 0 amide bonds. The Balaban J connectivity index is 2.32. The largest absolute Gasteiger partial charge is 0.481 e. The number of hydrogen-bond acceptors (Lipinski definition) is 1. The van der Waals surface area contributed by atoms with Crippen molar-refractivity contribution in [2.24, 2.45) is 5.41 Å². The second kappa shape index (κ2) is 3.69. The molecule has 0 radical (unpaired) electrons. The van der Waals surface area contributed by atoms with Gasteiger partial charge in [-0.1, -0.05) is 37.6 Å². The molecule has 2 nitrogen and oxygen atoms in total. The van der Waals surface area contributed by atoms with Crippen LogP contribution in [0.25, 0.3) is 0 Å².